The van der Waals surface area contributed by atoms with E-state index in [4.69, 9.17) is 9.47 Å². The predicted octanol–water partition coefficient (Wildman–Crippen LogP) is 3.94. The highest BCUT2D eigenvalue weighted by atomic mass is 79.9. The van der Waals surface area contributed by atoms with Gasteiger partial charge in [0.05, 0.1) is 12.7 Å². The van der Waals surface area contributed by atoms with Crippen LogP contribution in [-0.2, 0) is 10.2 Å². The third-order valence-electron chi connectivity index (χ3n) is 4.83. The van der Waals surface area contributed by atoms with Gasteiger partial charge in [0.1, 0.15) is 5.75 Å². The highest BCUT2D eigenvalue weighted by molar-refractivity contribution is 9.10. The van der Waals surface area contributed by atoms with Gasteiger partial charge in [-0.3, -0.25) is 4.79 Å². The lowest BCUT2D eigenvalue weighted by molar-refractivity contribution is 0.0479. The van der Waals surface area contributed by atoms with E-state index in [0.29, 0.717) is 25.3 Å². The normalized spacial score (nSPS) is 16.2. The number of para-hydroxylation sites is 1. The number of halogens is 1. The van der Waals surface area contributed by atoms with Crippen molar-refractivity contribution in [1.29, 1.82) is 0 Å². The number of nitrogens with one attached hydrogen (secondary N) is 1. The molecule has 1 N–H and O–H groups in total. The summed E-state index contributed by atoms with van der Waals surface area (Å²) in [5.74, 6) is 0.785. The Bertz CT molecular complexity index is 741. The molecule has 0 aliphatic carbocycles. The van der Waals surface area contributed by atoms with Crippen molar-refractivity contribution in [2.45, 2.75) is 18.3 Å². The fourth-order valence-electron chi connectivity index (χ4n) is 3.38. The highest BCUT2D eigenvalue weighted by Gasteiger charge is 2.37. The minimum atomic E-state index is -0.179. The van der Waals surface area contributed by atoms with E-state index < -0.39 is 0 Å². The number of amides is 1. The van der Waals surface area contributed by atoms with Gasteiger partial charge in [-0.15, -0.1) is 0 Å². The van der Waals surface area contributed by atoms with Crippen molar-refractivity contribution in [3.63, 3.8) is 0 Å². The van der Waals surface area contributed by atoms with Crippen molar-refractivity contribution < 1.29 is 14.3 Å². The molecule has 3 rings (SSSR count). The zero-order chi connectivity index (χ0) is 17.7. The van der Waals surface area contributed by atoms with Crippen LogP contribution in [0.5, 0.6) is 5.75 Å². The van der Waals surface area contributed by atoms with Gasteiger partial charge in [-0.1, -0.05) is 30.3 Å². The number of methoxy groups -OCH3 is 1. The minimum Gasteiger partial charge on any atom is -0.496 e. The fraction of sp³-hybridized carbons (Fsp3) is 0.350. The Balaban J connectivity index is 1.84. The zero-order valence-electron chi connectivity index (χ0n) is 14.3. The van der Waals surface area contributed by atoms with Crippen LogP contribution in [0.3, 0.4) is 0 Å². The van der Waals surface area contributed by atoms with E-state index in [2.05, 4.69) is 27.3 Å². The van der Waals surface area contributed by atoms with Crippen LogP contribution in [0.4, 0.5) is 0 Å². The summed E-state index contributed by atoms with van der Waals surface area (Å²) < 4.78 is 11.9. The molecule has 0 bridgehead atoms. The Morgan fingerprint density at radius 2 is 1.84 bits per heavy atom. The Hall–Kier alpha value is -1.85. The molecule has 1 saturated heterocycles. The van der Waals surface area contributed by atoms with Crippen LogP contribution in [0.2, 0.25) is 0 Å². The maximum atomic E-state index is 12.6. The summed E-state index contributed by atoms with van der Waals surface area (Å²) in [6.45, 7) is 1.92. The first kappa shape index (κ1) is 18.0. The smallest absolute Gasteiger partial charge is 0.252 e. The third-order valence-corrected chi connectivity index (χ3v) is 5.53. The summed E-state index contributed by atoms with van der Waals surface area (Å²) >= 11 is 3.44. The summed E-state index contributed by atoms with van der Waals surface area (Å²) in [5, 5.41) is 3.12. The van der Waals surface area contributed by atoms with Crippen LogP contribution < -0.4 is 10.1 Å². The molecule has 0 radical (unpaired) electrons. The molecule has 0 saturated carbocycles. The number of hydrogen-bond donors (Lipinski definition) is 1. The molecule has 5 heteroatoms. The first-order chi connectivity index (χ1) is 12.2. The SMILES string of the molecule is COc1ccccc1C1(CNC(=O)c2ccccc2Br)CCOCC1. The molecule has 1 heterocycles. The summed E-state index contributed by atoms with van der Waals surface area (Å²) in [7, 11) is 1.69. The summed E-state index contributed by atoms with van der Waals surface area (Å²) in [4.78, 5) is 12.6. The van der Waals surface area contributed by atoms with Crippen molar-refractivity contribution in [3.8, 4) is 5.75 Å². The van der Waals surface area contributed by atoms with Gasteiger partial charge in [-0.25, -0.2) is 0 Å². The van der Waals surface area contributed by atoms with Crippen molar-refractivity contribution in [3.05, 3.63) is 64.1 Å². The lowest BCUT2D eigenvalue weighted by Gasteiger charge is -2.38. The average Bonchev–Trinajstić information content (AvgIpc) is 2.67. The van der Waals surface area contributed by atoms with E-state index in [1.165, 1.54) is 0 Å². The second-order valence-electron chi connectivity index (χ2n) is 6.26. The lowest BCUT2D eigenvalue weighted by atomic mass is 9.73. The number of rotatable bonds is 5. The molecule has 4 nitrogen and oxygen atoms in total. The first-order valence-corrected chi connectivity index (χ1v) is 9.19. The van der Waals surface area contributed by atoms with Gasteiger partial charge in [-0.2, -0.15) is 0 Å². The van der Waals surface area contributed by atoms with Crippen LogP contribution in [-0.4, -0.2) is 32.8 Å². The molecule has 2 aromatic rings. The summed E-state index contributed by atoms with van der Waals surface area (Å²) in [5.41, 5.74) is 1.60. The quantitative estimate of drug-likeness (QED) is 0.822. The van der Waals surface area contributed by atoms with Gasteiger partial charge in [0.2, 0.25) is 0 Å². The van der Waals surface area contributed by atoms with Crippen LogP contribution in [0.25, 0.3) is 0 Å². The van der Waals surface area contributed by atoms with Gasteiger partial charge in [-0.05, 0) is 47.0 Å². The molecule has 1 aliphatic heterocycles. The van der Waals surface area contributed by atoms with Crippen LogP contribution in [0.1, 0.15) is 28.8 Å². The Morgan fingerprint density at radius 3 is 2.56 bits per heavy atom. The molecule has 0 spiro atoms. The predicted molar refractivity (Wildman–Crippen MR) is 101 cm³/mol. The second-order valence-corrected chi connectivity index (χ2v) is 7.11. The topological polar surface area (TPSA) is 47.6 Å². The van der Waals surface area contributed by atoms with Gasteiger partial charge < -0.3 is 14.8 Å². The van der Waals surface area contributed by atoms with Crippen LogP contribution in [0.15, 0.2) is 53.0 Å². The number of ether oxygens (including phenoxy) is 2. The molecule has 1 aliphatic rings. The Labute approximate surface area is 156 Å². The second kappa shape index (κ2) is 8.02. The Kier molecular flexibility index (Phi) is 5.76. The monoisotopic (exact) mass is 403 g/mol. The van der Waals surface area contributed by atoms with E-state index in [-0.39, 0.29) is 11.3 Å². The van der Waals surface area contributed by atoms with Gasteiger partial charge in [0.15, 0.2) is 0 Å². The molecule has 132 valence electrons. The number of hydrogen-bond acceptors (Lipinski definition) is 3. The molecular weight excluding hydrogens is 382 g/mol. The third kappa shape index (κ3) is 3.88. The molecule has 1 amide bonds. The van der Waals surface area contributed by atoms with Crippen molar-refractivity contribution in [2.24, 2.45) is 0 Å². The zero-order valence-corrected chi connectivity index (χ0v) is 15.8. The molecule has 25 heavy (non-hydrogen) atoms. The van der Waals surface area contributed by atoms with E-state index in [1.54, 1.807) is 7.11 Å². The van der Waals surface area contributed by atoms with Crippen molar-refractivity contribution in [1.82, 2.24) is 5.32 Å². The van der Waals surface area contributed by atoms with E-state index in [1.807, 2.05) is 42.5 Å². The largest absolute Gasteiger partial charge is 0.496 e. The van der Waals surface area contributed by atoms with Crippen molar-refractivity contribution >= 4 is 21.8 Å². The molecule has 0 aromatic heterocycles. The van der Waals surface area contributed by atoms with Gasteiger partial charge in [0.25, 0.3) is 5.91 Å². The summed E-state index contributed by atoms with van der Waals surface area (Å²) in [6, 6.07) is 15.5. The fourth-order valence-corrected chi connectivity index (χ4v) is 3.84. The van der Waals surface area contributed by atoms with E-state index >= 15 is 0 Å². The average molecular weight is 404 g/mol. The molecule has 0 unspecified atom stereocenters. The number of benzene rings is 2. The number of carbonyl (C=O) groups is 1. The van der Waals surface area contributed by atoms with Gasteiger partial charge >= 0.3 is 0 Å². The van der Waals surface area contributed by atoms with Gasteiger partial charge in [0, 0.05) is 35.2 Å². The number of carbonyl (C=O) groups excluding carboxylic acids is 1. The maximum absolute atomic E-state index is 12.6. The molecule has 1 fully saturated rings. The van der Waals surface area contributed by atoms with Crippen LogP contribution >= 0.6 is 15.9 Å². The first-order valence-electron chi connectivity index (χ1n) is 8.40. The van der Waals surface area contributed by atoms with Crippen molar-refractivity contribution in [2.75, 3.05) is 26.9 Å². The standard InChI is InChI=1S/C20H22BrNO3/c1-24-18-9-5-3-7-16(18)20(10-12-25-13-11-20)14-22-19(23)15-6-2-4-8-17(15)21/h2-9H,10-14H2,1H3,(H,22,23). The molecular formula is C20H22BrNO3. The molecule has 0 atom stereocenters. The minimum absolute atomic E-state index is 0.0757. The molecule has 2 aromatic carbocycles. The lowest BCUT2D eigenvalue weighted by Crippen LogP contribution is -2.44. The maximum Gasteiger partial charge on any atom is 0.252 e. The van der Waals surface area contributed by atoms with E-state index in [0.717, 1.165) is 28.6 Å². The highest BCUT2D eigenvalue weighted by Crippen LogP contribution is 2.39. The Morgan fingerprint density at radius 1 is 1.16 bits per heavy atom. The van der Waals surface area contributed by atoms with E-state index in [9.17, 15) is 4.79 Å². The van der Waals surface area contributed by atoms with Crippen LogP contribution in [0, 0.1) is 0 Å². The summed E-state index contributed by atoms with van der Waals surface area (Å²) in [6.07, 6.45) is 1.70.